The van der Waals surface area contributed by atoms with Crippen molar-refractivity contribution in [2.75, 3.05) is 19.6 Å². The van der Waals surface area contributed by atoms with Gasteiger partial charge in [-0.15, -0.1) is 0 Å². The van der Waals surface area contributed by atoms with Gasteiger partial charge in [-0.1, -0.05) is 249 Å². The second-order valence-corrected chi connectivity index (χ2v) is 41.0. The lowest BCUT2D eigenvalue weighted by molar-refractivity contribution is 0.194. The van der Waals surface area contributed by atoms with Gasteiger partial charge in [0.2, 0.25) is 0 Å². The van der Waals surface area contributed by atoms with Crippen molar-refractivity contribution in [2.45, 2.75) is 202 Å². The van der Waals surface area contributed by atoms with Gasteiger partial charge in [0, 0.05) is 90.7 Å². The third-order valence-corrected chi connectivity index (χ3v) is 35.8. The Balaban J connectivity index is 0.689. The van der Waals surface area contributed by atoms with Crippen molar-refractivity contribution >= 4 is 154 Å². The zero-order chi connectivity index (χ0) is 84.1. The van der Waals surface area contributed by atoms with E-state index in [1.165, 1.54) is 249 Å². The smallest absolute Gasteiger partial charge is 0.141 e. The molecule has 0 amide bonds. The van der Waals surface area contributed by atoms with E-state index in [9.17, 15) is 0 Å². The molecule has 4 aliphatic carbocycles. The summed E-state index contributed by atoms with van der Waals surface area (Å²) in [6.07, 6.45) is 26.5. The molecule has 0 saturated heterocycles. The molecule has 8 aliphatic rings. The molecule has 4 fully saturated rings. The van der Waals surface area contributed by atoms with Gasteiger partial charge in [0.15, 0.2) is 0 Å². The van der Waals surface area contributed by atoms with E-state index in [2.05, 4.69) is 330 Å². The van der Waals surface area contributed by atoms with Gasteiger partial charge in [0.1, 0.15) is 23.3 Å². The van der Waals surface area contributed by atoms with Crippen molar-refractivity contribution in [3.8, 4) is 44.5 Å². The number of fused-ring (bicyclic) bond motifs is 22. The number of anilines is 8. The lowest BCUT2D eigenvalue weighted by Crippen LogP contribution is -2.54. The lowest BCUT2D eigenvalue weighted by Gasteiger charge is -2.50. The van der Waals surface area contributed by atoms with Gasteiger partial charge < -0.3 is 19.6 Å². The molecule has 27 rings (SSSR count). The molecule has 4 aromatic heterocycles. The van der Waals surface area contributed by atoms with E-state index >= 15 is 0 Å². The maximum atomic E-state index is 5.34. The molecule has 0 radical (unpaired) electrons. The number of benzene rings is 13. The molecule has 8 nitrogen and oxygen atoms in total. The Hall–Kier alpha value is -12.8. The normalized spacial score (nSPS) is 25.5. The maximum Gasteiger partial charge on any atom is 0.141 e. The van der Waals surface area contributed by atoms with Gasteiger partial charge in [0.05, 0.1) is 22.2 Å². The molecule has 19 aromatic rings. The quantitative estimate of drug-likeness (QED) is 0.149. The summed E-state index contributed by atoms with van der Waals surface area (Å²) in [6.45, 7) is 20.6. The highest BCUT2D eigenvalue weighted by molar-refractivity contribution is 6.40. The molecule has 8 heterocycles. The van der Waals surface area contributed by atoms with Crippen LogP contribution in [-0.2, 0) is 21.7 Å². The van der Waals surface area contributed by atoms with Crippen LogP contribution in [0.3, 0.4) is 0 Å². The van der Waals surface area contributed by atoms with Gasteiger partial charge in [-0.3, -0.25) is 0 Å². The average Bonchev–Trinajstić information content (AvgIpc) is 1.54. The minimum absolute atomic E-state index is 0.138. The van der Waals surface area contributed by atoms with E-state index in [0.29, 0.717) is 0 Å². The van der Waals surface area contributed by atoms with E-state index in [0.717, 1.165) is 74.6 Å². The number of rotatable bonds is 8. The van der Waals surface area contributed by atoms with Gasteiger partial charge in [0.25, 0.3) is 0 Å². The summed E-state index contributed by atoms with van der Waals surface area (Å²) in [6, 6.07) is 100. The van der Waals surface area contributed by atoms with Crippen LogP contribution in [0.15, 0.2) is 280 Å². The summed E-state index contributed by atoms with van der Waals surface area (Å²) >= 11 is 0. The molecule has 15 aromatic carbocycles. The zero-order valence-corrected chi connectivity index (χ0v) is 73.4. The zero-order valence-electron chi connectivity index (χ0n) is 73.4. The number of aromatic nitrogens is 4. The molecule has 4 saturated carbocycles. The van der Waals surface area contributed by atoms with E-state index in [4.69, 9.17) is 19.9 Å². The van der Waals surface area contributed by atoms with Crippen molar-refractivity contribution in [3.05, 3.63) is 302 Å². The van der Waals surface area contributed by atoms with Crippen LogP contribution < -0.4 is 19.6 Å². The van der Waals surface area contributed by atoms with Crippen LogP contribution in [0.1, 0.15) is 180 Å². The Morgan fingerprint density at radius 2 is 0.437 bits per heavy atom. The first-order chi connectivity index (χ1) is 61.4. The fraction of sp³-hybridized carbons (Fsp3) is 0.271. The Bertz CT molecular complexity index is 7040. The van der Waals surface area contributed by atoms with E-state index in [1.54, 1.807) is 0 Å². The summed E-state index contributed by atoms with van der Waals surface area (Å²) < 4.78 is 0. The minimum Gasteiger partial charge on any atom is -0.319 e. The Morgan fingerprint density at radius 1 is 0.206 bits per heavy atom. The summed E-state index contributed by atoms with van der Waals surface area (Å²) in [4.78, 5) is 32.1. The highest BCUT2D eigenvalue weighted by Gasteiger charge is 2.63. The summed E-state index contributed by atoms with van der Waals surface area (Å²) in [5.74, 6) is 4.25. The molecular weight excluding hydrogens is 1530 g/mol. The standard InChI is InChI=1S/C118H102N8/c1-111-53-17-21-57-115(111,5)123(107-83-29-13-9-25-71(83)49-61-119-107)99-45-33-75(65-95(99)111)79-37-41-87-91-69-93-89-43-39-81(77-35-47-101-97(67-77)113(3)55-19-23-59-117(113,7)125(101)109-85-31-15-11-27-73(85)51-63-121-109)104-82(78-36-48-102-98(68-78)114(4)56-20-24-60-118(114,8)126(102)110-86-32-16-12-28-74(86)52-64-122-110)40-44-90(106(89)104)94(93)70-92(91)88-42-38-80(103(79)105(87)88)76-34-46-100-96(66-76)112(2)54-18-22-58-116(112,6)124(100)108-84-30-14-10-26-72(84)50-62-120-108/h9-16,25-52,61-70H,17-24,53-60H2,1-8H3. The first kappa shape index (κ1) is 73.6. The molecular formula is C118H102N8. The van der Waals surface area contributed by atoms with Crippen LogP contribution in [0.25, 0.3) is 152 Å². The predicted molar refractivity (Wildman–Crippen MR) is 528 cm³/mol. The topological polar surface area (TPSA) is 64.5 Å². The van der Waals surface area contributed by atoms with E-state index in [-0.39, 0.29) is 43.8 Å². The number of nitrogens with zero attached hydrogens (tertiary/aromatic N) is 8. The van der Waals surface area contributed by atoms with Crippen molar-refractivity contribution in [2.24, 2.45) is 0 Å². The summed E-state index contributed by atoms with van der Waals surface area (Å²) in [7, 11) is 0. The van der Waals surface area contributed by atoms with Crippen molar-refractivity contribution in [1.82, 2.24) is 19.9 Å². The molecule has 0 bridgehead atoms. The fourth-order valence-corrected chi connectivity index (χ4v) is 28.4. The third-order valence-electron chi connectivity index (χ3n) is 35.8. The minimum atomic E-state index is -0.192. The van der Waals surface area contributed by atoms with Crippen LogP contribution >= 0.6 is 0 Å². The van der Waals surface area contributed by atoms with Crippen molar-refractivity contribution in [3.63, 3.8) is 0 Å². The average molecular weight is 1630 g/mol. The summed E-state index contributed by atoms with van der Waals surface area (Å²) in [5, 5.41) is 25.5. The third kappa shape index (κ3) is 9.20. The Kier molecular flexibility index (Phi) is 14.9. The number of hydrogen-bond acceptors (Lipinski definition) is 8. The fourth-order valence-electron chi connectivity index (χ4n) is 28.4. The monoisotopic (exact) mass is 1630 g/mol. The van der Waals surface area contributed by atoms with Gasteiger partial charge in [-0.2, -0.15) is 0 Å². The molecule has 0 N–H and O–H groups in total. The second-order valence-electron chi connectivity index (χ2n) is 41.0. The molecule has 126 heavy (non-hydrogen) atoms. The van der Waals surface area contributed by atoms with Crippen molar-refractivity contribution < 1.29 is 0 Å². The van der Waals surface area contributed by atoms with Crippen LogP contribution in [-0.4, -0.2) is 42.1 Å². The lowest BCUT2D eigenvalue weighted by atomic mass is 9.61. The van der Waals surface area contributed by atoms with Crippen molar-refractivity contribution in [1.29, 1.82) is 0 Å². The van der Waals surface area contributed by atoms with Crippen LogP contribution in [0.4, 0.5) is 46.0 Å². The highest BCUT2D eigenvalue weighted by atomic mass is 15.3. The Morgan fingerprint density at radius 3 is 0.683 bits per heavy atom. The molecule has 0 spiro atoms. The molecule has 8 unspecified atom stereocenters. The number of hydrogen-bond donors (Lipinski definition) is 0. The maximum absolute atomic E-state index is 5.34. The van der Waals surface area contributed by atoms with Gasteiger partial charge >= 0.3 is 0 Å². The summed E-state index contributed by atoms with van der Waals surface area (Å²) in [5.41, 5.74) is 19.7. The molecule has 614 valence electrons. The first-order valence-electron chi connectivity index (χ1n) is 47.0. The molecule has 4 aliphatic heterocycles. The molecule has 8 heteroatoms. The Labute approximate surface area is 736 Å². The predicted octanol–water partition coefficient (Wildman–Crippen LogP) is 31.3. The van der Waals surface area contributed by atoms with E-state index < -0.39 is 0 Å². The molecule has 8 atom stereocenters. The van der Waals surface area contributed by atoms with Crippen LogP contribution in [0.5, 0.6) is 0 Å². The first-order valence-corrected chi connectivity index (χ1v) is 47.0. The number of pyridine rings is 4. The largest absolute Gasteiger partial charge is 0.319 e. The SMILES string of the molecule is CC12CCCCC1(C)N(c1nccc3ccccc13)c1ccc(-c3ccc4c5cc6c(cc5c5ccc(-c7ccc8c(c7)C7(C)CCCCC7(C)N8c7nccc8ccccc78)c3c45)c3ccc(-c4ccc5c(c4)C4(C)CCCCC4(C)N5c4nccc5ccccc45)c4c(-c5ccc7c(c5)C5(C)CCCCC5(C)N7c5nccc7ccccc57)ccc6c43)cc12. The van der Waals surface area contributed by atoms with Crippen LogP contribution in [0, 0.1) is 0 Å². The van der Waals surface area contributed by atoms with Gasteiger partial charge in [-0.05, 0) is 317 Å². The second kappa shape index (κ2) is 25.5. The van der Waals surface area contributed by atoms with E-state index in [1.807, 2.05) is 24.8 Å². The van der Waals surface area contributed by atoms with Gasteiger partial charge in [-0.25, -0.2) is 19.9 Å². The highest BCUT2D eigenvalue weighted by Crippen LogP contribution is 2.68. The van der Waals surface area contributed by atoms with Crippen LogP contribution in [0.2, 0.25) is 0 Å².